The van der Waals surface area contributed by atoms with Crippen LogP contribution >= 0.6 is 0 Å². The average molecular weight is 329 g/mol. The van der Waals surface area contributed by atoms with Gasteiger partial charge in [0.15, 0.2) is 0 Å². The molecule has 122 valence electrons. The molecule has 0 spiro atoms. The summed E-state index contributed by atoms with van der Waals surface area (Å²) in [6, 6.07) is 11.6. The van der Waals surface area contributed by atoms with Crippen LogP contribution in [0.15, 0.2) is 59.8 Å². The Hall–Kier alpha value is -3.54. The number of rotatable bonds is 3. The summed E-state index contributed by atoms with van der Waals surface area (Å²) in [5.41, 5.74) is 3.25. The fourth-order valence-electron chi connectivity index (χ4n) is 2.71. The van der Waals surface area contributed by atoms with Crippen LogP contribution in [0.1, 0.15) is 11.4 Å². The lowest BCUT2D eigenvalue weighted by molar-refractivity contribution is 0.771. The molecule has 4 aromatic rings. The number of nitrogens with one attached hydrogen (secondary N) is 1. The molecule has 0 radical (unpaired) electrons. The average Bonchev–Trinajstić information content (AvgIpc) is 3.01. The highest BCUT2D eigenvalue weighted by atomic mass is 16.1. The molecule has 4 rings (SSSR count). The summed E-state index contributed by atoms with van der Waals surface area (Å²) in [5, 5.41) is 5.05. The number of aromatic nitrogens is 5. The molecule has 6 nitrogen and oxygen atoms in total. The lowest BCUT2D eigenvalue weighted by Crippen LogP contribution is -2.09. The van der Waals surface area contributed by atoms with Crippen molar-refractivity contribution in [2.45, 2.75) is 0 Å². The molecule has 0 saturated heterocycles. The van der Waals surface area contributed by atoms with E-state index in [4.69, 9.17) is 0 Å². The molecule has 6 heteroatoms. The van der Waals surface area contributed by atoms with Crippen molar-refractivity contribution >= 4 is 23.1 Å². The Morgan fingerprint density at radius 1 is 1.12 bits per heavy atom. The van der Waals surface area contributed by atoms with Gasteiger partial charge in [0.2, 0.25) is 0 Å². The van der Waals surface area contributed by atoms with Crippen molar-refractivity contribution < 1.29 is 0 Å². The molecule has 25 heavy (non-hydrogen) atoms. The van der Waals surface area contributed by atoms with Crippen molar-refractivity contribution in [3.63, 3.8) is 0 Å². The molecule has 0 aliphatic carbocycles. The summed E-state index contributed by atoms with van der Waals surface area (Å²) < 4.78 is 1.77. The van der Waals surface area contributed by atoms with Crippen molar-refractivity contribution in [2.75, 3.05) is 0 Å². The van der Waals surface area contributed by atoms with Gasteiger partial charge in [0.05, 0.1) is 22.8 Å². The van der Waals surface area contributed by atoms with Crippen LogP contribution in [0.25, 0.3) is 34.3 Å². The van der Waals surface area contributed by atoms with Crippen LogP contribution in [-0.2, 0) is 7.05 Å². The number of pyridine rings is 1. The zero-order valence-corrected chi connectivity index (χ0v) is 13.5. The Morgan fingerprint density at radius 2 is 1.96 bits per heavy atom. The van der Waals surface area contributed by atoms with Gasteiger partial charge in [0, 0.05) is 30.6 Å². The number of aryl methyl sites for hydroxylation is 1. The van der Waals surface area contributed by atoms with Crippen LogP contribution < -0.4 is 5.56 Å². The second-order valence-corrected chi connectivity index (χ2v) is 5.65. The minimum atomic E-state index is -0.179. The van der Waals surface area contributed by atoms with Gasteiger partial charge in [-0.05, 0) is 18.2 Å². The number of hydrogen-bond acceptors (Lipinski definition) is 4. The lowest BCUT2D eigenvalue weighted by atomic mass is 10.1. The third kappa shape index (κ3) is 2.97. The van der Waals surface area contributed by atoms with E-state index in [0.717, 1.165) is 16.8 Å². The summed E-state index contributed by atoms with van der Waals surface area (Å²) in [6.45, 7) is 0. The first-order valence-electron chi connectivity index (χ1n) is 7.82. The standard InChI is InChI=1S/C19H15N5O/c1-24-12-14(18(23-24)13-5-3-2-4-6-13)7-8-17-21-16-11-20-10-9-15(16)19(25)22-17/h2-12H,1H3,(H,21,22,25)/b8-7+. The fraction of sp³-hybridized carbons (Fsp3) is 0.0526. The summed E-state index contributed by atoms with van der Waals surface area (Å²) >= 11 is 0. The summed E-state index contributed by atoms with van der Waals surface area (Å²) in [4.78, 5) is 23.4. The van der Waals surface area contributed by atoms with Crippen LogP contribution in [0.4, 0.5) is 0 Å². The molecule has 3 aromatic heterocycles. The van der Waals surface area contributed by atoms with Crippen molar-refractivity contribution in [2.24, 2.45) is 7.05 Å². The van der Waals surface area contributed by atoms with Gasteiger partial charge in [-0.1, -0.05) is 30.3 Å². The molecule has 0 atom stereocenters. The number of nitrogens with zero attached hydrogens (tertiary/aromatic N) is 4. The van der Waals surface area contributed by atoms with Gasteiger partial charge in [-0.3, -0.25) is 14.5 Å². The Morgan fingerprint density at radius 3 is 2.80 bits per heavy atom. The monoisotopic (exact) mass is 329 g/mol. The normalized spacial score (nSPS) is 11.4. The first-order valence-corrected chi connectivity index (χ1v) is 7.82. The van der Waals surface area contributed by atoms with Crippen LogP contribution in [0.2, 0.25) is 0 Å². The van der Waals surface area contributed by atoms with Crippen LogP contribution in [0.3, 0.4) is 0 Å². The molecule has 0 aliphatic heterocycles. The van der Waals surface area contributed by atoms with Gasteiger partial charge in [-0.2, -0.15) is 5.10 Å². The molecular formula is C19H15N5O. The molecule has 0 saturated carbocycles. The maximum absolute atomic E-state index is 12.1. The lowest BCUT2D eigenvalue weighted by Gasteiger charge is -1.99. The largest absolute Gasteiger partial charge is 0.306 e. The van der Waals surface area contributed by atoms with Crippen molar-refractivity contribution in [1.82, 2.24) is 24.7 Å². The zero-order chi connectivity index (χ0) is 17.2. The molecule has 0 aliphatic rings. The molecule has 0 fully saturated rings. The van der Waals surface area contributed by atoms with Gasteiger partial charge < -0.3 is 4.98 Å². The van der Waals surface area contributed by atoms with E-state index >= 15 is 0 Å². The van der Waals surface area contributed by atoms with Crippen LogP contribution in [0.5, 0.6) is 0 Å². The highest BCUT2D eigenvalue weighted by molar-refractivity contribution is 5.80. The first kappa shape index (κ1) is 15.0. The molecule has 0 amide bonds. The number of benzene rings is 1. The van der Waals surface area contributed by atoms with Gasteiger partial charge >= 0.3 is 0 Å². The van der Waals surface area contributed by atoms with Gasteiger partial charge in [0.1, 0.15) is 5.82 Å². The van der Waals surface area contributed by atoms with Crippen LogP contribution in [-0.4, -0.2) is 24.7 Å². The second-order valence-electron chi connectivity index (χ2n) is 5.65. The van der Waals surface area contributed by atoms with Gasteiger partial charge in [0.25, 0.3) is 5.56 Å². The SMILES string of the molecule is Cn1cc(/C=C/c2nc3cnccc3c(=O)[nH]2)c(-c2ccccc2)n1. The second kappa shape index (κ2) is 6.16. The van der Waals surface area contributed by atoms with Gasteiger partial charge in [-0.15, -0.1) is 0 Å². The van der Waals surface area contributed by atoms with Crippen molar-refractivity contribution in [3.8, 4) is 11.3 Å². The Labute approximate surface area is 143 Å². The van der Waals surface area contributed by atoms with E-state index in [-0.39, 0.29) is 5.56 Å². The van der Waals surface area contributed by atoms with E-state index in [1.165, 1.54) is 0 Å². The smallest absolute Gasteiger partial charge is 0.259 e. The van der Waals surface area contributed by atoms with Gasteiger partial charge in [-0.25, -0.2) is 4.98 Å². The van der Waals surface area contributed by atoms with Crippen molar-refractivity contribution in [1.29, 1.82) is 0 Å². The Kier molecular flexibility index (Phi) is 3.70. The van der Waals surface area contributed by atoms with Crippen LogP contribution in [0, 0.1) is 0 Å². The number of fused-ring (bicyclic) bond motifs is 1. The third-order valence-electron chi connectivity index (χ3n) is 3.85. The quantitative estimate of drug-likeness (QED) is 0.627. The number of aromatic amines is 1. The van der Waals surface area contributed by atoms with E-state index < -0.39 is 0 Å². The molecule has 0 bridgehead atoms. The Bertz CT molecular complexity index is 1130. The van der Waals surface area contributed by atoms with E-state index in [1.807, 2.05) is 49.7 Å². The van der Waals surface area contributed by atoms with E-state index in [2.05, 4.69) is 20.1 Å². The van der Waals surface area contributed by atoms with Crippen molar-refractivity contribution in [3.05, 3.63) is 76.7 Å². The molecule has 3 heterocycles. The molecule has 1 N–H and O–H groups in total. The highest BCUT2D eigenvalue weighted by Gasteiger charge is 2.08. The maximum atomic E-state index is 12.1. The fourth-order valence-corrected chi connectivity index (χ4v) is 2.71. The van der Waals surface area contributed by atoms with E-state index in [0.29, 0.717) is 16.7 Å². The molecule has 0 unspecified atom stereocenters. The third-order valence-corrected chi connectivity index (χ3v) is 3.85. The summed E-state index contributed by atoms with van der Waals surface area (Å²) in [5.74, 6) is 0.480. The maximum Gasteiger partial charge on any atom is 0.259 e. The molecular weight excluding hydrogens is 314 g/mol. The first-order chi connectivity index (χ1) is 12.2. The predicted octanol–water partition coefficient (Wildman–Crippen LogP) is 2.89. The Balaban J connectivity index is 1.75. The number of hydrogen-bond donors (Lipinski definition) is 1. The minimum Gasteiger partial charge on any atom is -0.306 e. The predicted molar refractivity (Wildman–Crippen MR) is 97.7 cm³/mol. The van der Waals surface area contributed by atoms with E-state index in [1.54, 1.807) is 29.2 Å². The summed E-state index contributed by atoms with van der Waals surface area (Å²) in [6.07, 6.45) is 8.77. The summed E-state index contributed by atoms with van der Waals surface area (Å²) in [7, 11) is 1.88. The van der Waals surface area contributed by atoms with E-state index in [9.17, 15) is 4.79 Å². The zero-order valence-electron chi connectivity index (χ0n) is 13.5. The number of H-pyrrole nitrogens is 1. The molecule has 1 aromatic carbocycles. The topological polar surface area (TPSA) is 76.5 Å². The highest BCUT2D eigenvalue weighted by Crippen LogP contribution is 2.23. The minimum absolute atomic E-state index is 0.179.